The Morgan fingerprint density at radius 3 is 2.81 bits per heavy atom. The Hall–Kier alpha value is -1.26. The highest BCUT2D eigenvalue weighted by Gasteiger charge is 2.31. The Bertz CT molecular complexity index is 256. The second kappa shape index (κ2) is 6.35. The van der Waals surface area contributed by atoms with Crippen molar-refractivity contribution in [2.75, 3.05) is 13.2 Å². The van der Waals surface area contributed by atoms with Crippen molar-refractivity contribution >= 4 is 12.0 Å². The van der Waals surface area contributed by atoms with E-state index in [4.69, 9.17) is 10.5 Å². The molecule has 0 aromatic rings. The highest BCUT2D eigenvalue weighted by molar-refractivity contribution is 5.84. The van der Waals surface area contributed by atoms with Gasteiger partial charge in [-0.25, -0.2) is 4.79 Å². The number of nitrogens with zero attached hydrogens (tertiary/aromatic N) is 1. The fraction of sp³-hybridized carbons (Fsp3) is 0.818. The normalized spacial score (nSPS) is 20.6. The number of nitrogens with two attached hydrogens (primary N) is 1. The zero-order chi connectivity index (χ0) is 12.0. The van der Waals surface area contributed by atoms with Crippen molar-refractivity contribution in [2.45, 2.75) is 45.1 Å². The van der Waals surface area contributed by atoms with Crippen LogP contribution in [0.3, 0.4) is 0 Å². The predicted octanol–water partition coefficient (Wildman–Crippen LogP) is 1.26. The molecule has 0 spiro atoms. The third kappa shape index (κ3) is 3.40. The molecule has 5 nitrogen and oxygen atoms in total. The van der Waals surface area contributed by atoms with E-state index in [1.54, 1.807) is 0 Å². The van der Waals surface area contributed by atoms with Crippen LogP contribution >= 0.6 is 0 Å². The van der Waals surface area contributed by atoms with Gasteiger partial charge in [0.1, 0.15) is 6.04 Å². The number of likely N-dealkylation sites (tertiary alicyclic amines) is 1. The van der Waals surface area contributed by atoms with Crippen LogP contribution in [0.5, 0.6) is 0 Å². The van der Waals surface area contributed by atoms with Gasteiger partial charge in [0.15, 0.2) is 0 Å². The Balaban J connectivity index is 2.47. The van der Waals surface area contributed by atoms with Crippen molar-refractivity contribution in [2.24, 2.45) is 5.73 Å². The van der Waals surface area contributed by atoms with Crippen molar-refractivity contribution in [3.05, 3.63) is 0 Å². The summed E-state index contributed by atoms with van der Waals surface area (Å²) in [5.74, 6) is -0.438. The summed E-state index contributed by atoms with van der Waals surface area (Å²) in [6.45, 7) is 3.01. The molecular formula is C11H20N2O3. The van der Waals surface area contributed by atoms with Crippen LogP contribution in [0.1, 0.15) is 39.0 Å². The van der Waals surface area contributed by atoms with Crippen molar-refractivity contribution in [1.29, 1.82) is 0 Å². The maximum Gasteiger partial charge on any atom is 0.410 e. The molecule has 1 aliphatic rings. The number of carbonyl (C=O) groups is 2. The lowest BCUT2D eigenvalue weighted by Crippen LogP contribution is -2.50. The van der Waals surface area contributed by atoms with E-state index in [9.17, 15) is 9.59 Å². The number of unbranched alkanes of at least 4 members (excludes halogenated alkanes) is 1. The van der Waals surface area contributed by atoms with Gasteiger partial charge in [-0.1, -0.05) is 13.3 Å². The number of rotatable bonds is 4. The molecule has 0 unspecified atom stereocenters. The van der Waals surface area contributed by atoms with E-state index in [0.717, 1.165) is 25.7 Å². The lowest BCUT2D eigenvalue weighted by Gasteiger charge is -2.32. The molecule has 0 aromatic heterocycles. The van der Waals surface area contributed by atoms with Gasteiger partial charge in [-0.2, -0.15) is 0 Å². The quantitative estimate of drug-likeness (QED) is 0.736. The van der Waals surface area contributed by atoms with Crippen LogP contribution in [0.4, 0.5) is 4.79 Å². The molecule has 92 valence electrons. The maximum absolute atomic E-state index is 11.7. The molecule has 1 rings (SSSR count). The van der Waals surface area contributed by atoms with E-state index < -0.39 is 18.0 Å². The SMILES string of the molecule is CCCCOC(=O)N1CCCC[C@@H]1C(N)=O. The van der Waals surface area contributed by atoms with E-state index in [0.29, 0.717) is 19.6 Å². The average Bonchev–Trinajstić information content (AvgIpc) is 2.29. The van der Waals surface area contributed by atoms with Crippen LogP contribution in [-0.2, 0) is 9.53 Å². The maximum atomic E-state index is 11.7. The first kappa shape index (κ1) is 12.8. The number of hydrogen-bond donors (Lipinski definition) is 1. The van der Waals surface area contributed by atoms with Gasteiger partial charge >= 0.3 is 6.09 Å². The number of hydrogen-bond acceptors (Lipinski definition) is 3. The van der Waals surface area contributed by atoms with Crippen LogP contribution in [0.25, 0.3) is 0 Å². The summed E-state index contributed by atoms with van der Waals surface area (Å²) in [4.78, 5) is 24.3. The minimum atomic E-state index is -0.483. The molecule has 5 heteroatoms. The second-order valence-electron chi connectivity index (χ2n) is 4.08. The fourth-order valence-corrected chi connectivity index (χ4v) is 1.83. The first-order valence-corrected chi connectivity index (χ1v) is 5.89. The van der Waals surface area contributed by atoms with E-state index in [-0.39, 0.29) is 0 Å². The smallest absolute Gasteiger partial charge is 0.410 e. The number of amides is 2. The lowest BCUT2D eigenvalue weighted by molar-refractivity contribution is -0.123. The van der Waals surface area contributed by atoms with E-state index >= 15 is 0 Å². The molecule has 2 N–H and O–H groups in total. The molecule has 0 aliphatic carbocycles. The fourth-order valence-electron chi connectivity index (χ4n) is 1.83. The molecule has 1 saturated heterocycles. The van der Waals surface area contributed by atoms with Gasteiger partial charge in [0.05, 0.1) is 6.61 Å². The largest absolute Gasteiger partial charge is 0.449 e. The lowest BCUT2D eigenvalue weighted by atomic mass is 10.0. The standard InChI is InChI=1S/C11H20N2O3/c1-2-3-8-16-11(15)13-7-5-4-6-9(13)10(12)14/h9H,2-8H2,1H3,(H2,12,14)/t9-/m1/s1. The van der Waals surface area contributed by atoms with Gasteiger partial charge in [0.25, 0.3) is 0 Å². The number of ether oxygens (including phenoxy) is 1. The molecule has 1 atom stereocenters. The zero-order valence-electron chi connectivity index (χ0n) is 9.78. The first-order chi connectivity index (χ1) is 7.66. The highest BCUT2D eigenvalue weighted by Crippen LogP contribution is 2.17. The van der Waals surface area contributed by atoms with Crippen molar-refractivity contribution < 1.29 is 14.3 Å². The summed E-state index contributed by atoms with van der Waals surface area (Å²) in [5.41, 5.74) is 5.26. The van der Waals surface area contributed by atoms with Crippen molar-refractivity contribution in [3.63, 3.8) is 0 Å². The van der Waals surface area contributed by atoms with Gasteiger partial charge in [-0.15, -0.1) is 0 Å². The summed E-state index contributed by atoms with van der Waals surface area (Å²) in [5, 5.41) is 0. The molecule has 1 aliphatic heterocycles. The molecule has 0 aromatic carbocycles. The molecule has 1 heterocycles. The number of primary amides is 1. The third-order valence-corrected chi connectivity index (χ3v) is 2.79. The second-order valence-corrected chi connectivity index (χ2v) is 4.08. The Kier molecular flexibility index (Phi) is 5.08. The third-order valence-electron chi connectivity index (χ3n) is 2.79. The summed E-state index contributed by atoms with van der Waals surface area (Å²) >= 11 is 0. The average molecular weight is 228 g/mol. The zero-order valence-corrected chi connectivity index (χ0v) is 9.78. The summed E-state index contributed by atoms with van der Waals surface area (Å²) in [7, 11) is 0. The monoisotopic (exact) mass is 228 g/mol. The van der Waals surface area contributed by atoms with E-state index in [1.807, 2.05) is 6.92 Å². The van der Waals surface area contributed by atoms with Crippen LogP contribution in [0.2, 0.25) is 0 Å². The minimum absolute atomic E-state index is 0.406. The summed E-state index contributed by atoms with van der Waals surface area (Å²) in [6, 6.07) is -0.483. The molecule has 0 bridgehead atoms. The van der Waals surface area contributed by atoms with Crippen LogP contribution in [-0.4, -0.2) is 36.1 Å². The van der Waals surface area contributed by atoms with Gasteiger partial charge in [-0.3, -0.25) is 9.69 Å². The molecule has 16 heavy (non-hydrogen) atoms. The summed E-state index contributed by atoms with van der Waals surface area (Å²) < 4.78 is 5.08. The predicted molar refractivity (Wildman–Crippen MR) is 59.8 cm³/mol. The van der Waals surface area contributed by atoms with Crippen molar-refractivity contribution in [3.8, 4) is 0 Å². The molecular weight excluding hydrogens is 208 g/mol. The molecule has 0 saturated carbocycles. The Morgan fingerprint density at radius 2 is 2.19 bits per heavy atom. The minimum Gasteiger partial charge on any atom is -0.449 e. The van der Waals surface area contributed by atoms with Crippen LogP contribution in [0.15, 0.2) is 0 Å². The van der Waals surface area contributed by atoms with Gasteiger partial charge < -0.3 is 10.5 Å². The highest BCUT2D eigenvalue weighted by atomic mass is 16.6. The van der Waals surface area contributed by atoms with Gasteiger partial charge in [-0.05, 0) is 25.7 Å². The van der Waals surface area contributed by atoms with Crippen molar-refractivity contribution in [1.82, 2.24) is 4.90 Å². The first-order valence-electron chi connectivity index (χ1n) is 5.89. The van der Waals surface area contributed by atoms with E-state index in [1.165, 1.54) is 4.90 Å². The van der Waals surface area contributed by atoms with E-state index in [2.05, 4.69) is 0 Å². The Morgan fingerprint density at radius 1 is 1.44 bits per heavy atom. The topological polar surface area (TPSA) is 72.6 Å². The number of carbonyl (C=O) groups excluding carboxylic acids is 2. The van der Waals surface area contributed by atoms with Gasteiger partial charge in [0, 0.05) is 6.54 Å². The van der Waals surface area contributed by atoms with Crippen LogP contribution in [0, 0.1) is 0 Å². The molecule has 0 radical (unpaired) electrons. The number of piperidine rings is 1. The molecule has 1 fully saturated rings. The van der Waals surface area contributed by atoms with Gasteiger partial charge in [0.2, 0.25) is 5.91 Å². The Labute approximate surface area is 95.9 Å². The molecule has 2 amide bonds. The summed E-state index contributed by atoms with van der Waals surface area (Å²) in [6.07, 6.45) is 3.92. The van der Waals surface area contributed by atoms with Crippen LogP contribution < -0.4 is 5.73 Å².